The predicted molar refractivity (Wildman–Crippen MR) is 44.1 cm³/mol. The van der Waals surface area contributed by atoms with Crippen molar-refractivity contribution in [1.29, 1.82) is 0 Å². The predicted octanol–water partition coefficient (Wildman–Crippen LogP) is 1.55. The second-order valence-electron chi connectivity index (χ2n) is 3.45. The van der Waals surface area contributed by atoms with Gasteiger partial charge in [0.15, 0.2) is 0 Å². The Bertz CT molecular complexity index is 134. The quantitative estimate of drug-likeness (QED) is 0.469. The molecule has 1 aliphatic carbocycles. The average molecular weight is 140 g/mol. The van der Waals surface area contributed by atoms with Crippen LogP contribution in [0.2, 0.25) is 0 Å². The smallest absolute Gasteiger partial charge is 0.0943 e. The zero-order valence-electron chi connectivity index (χ0n) is 6.80. The Kier molecular flexibility index (Phi) is 2.30. The molecule has 10 heavy (non-hydrogen) atoms. The second-order valence-corrected chi connectivity index (χ2v) is 3.45. The molecule has 58 valence electrons. The third-order valence-corrected chi connectivity index (χ3v) is 1.51. The molecule has 0 aromatic carbocycles. The molecule has 2 heteroatoms. The van der Waals surface area contributed by atoms with Crippen molar-refractivity contribution in [1.82, 2.24) is 0 Å². The fourth-order valence-corrected chi connectivity index (χ4v) is 0.909. The highest BCUT2D eigenvalue weighted by atomic mass is 14.9. The van der Waals surface area contributed by atoms with Gasteiger partial charge >= 0.3 is 0 Å². The van der Waals surface area contributed by atoms with Gasteiger partial charge in [-0.3, -0.25) is 4.99 Å². The van der Waals surface area contributed by atoms with Crippen LogP contribution in [0.3, 0.4) is 0 Å². The third-order valence-electron chi connectivity index (χ3n) is 1.51. The molecule has 0 aromatic heterocycles. The molecule has 1 fully saturated rings. The maximum Gasteiger partial charge on any atom is 0.0943 e. The van der Waals surface area contributed by atoms with Crippen LogP contribution < -0.4 is 5.73 Å². The van der Waals surface area contributed by atoms with Gasteiger partial charge in [-0.2, -0.15) is 0 Å². The number of hydrogen-bond donors (Lipinski definition) is 1. The van der Waals surface area contributed by atoms with Crippen molar-refractivity contribution in [2.75, 3.05) is 0 Å². The van der Waals surface area contributed by atoms with Gasteiger partial charge in [-0.15, -0.1) is 0 Å². The minimum Gasteiger partial charge on any atom is -0.387 e. The van der Waals surface area contributed by atoms with E-state index in [1.807, 2.05) is 0 Å². The summed E-state index contributed by atoms with van der Waals surface area (Å²) in [5.74, 6) is 1.49. The Hall–Kier alpha value is -0.530. The first kappa shape index (κ1) is 7.58. The Morgan fingerprint density at radius 3 is 2.60 bits per heavy atom. The van der Waals surface area contributed by atoms with Crippen LogP contribution in [-0.2, 0) is 0 Å². The standard InChI is InChI=1S/C8H16N2/c1-6(2)5-8(9)10-7-3-4-7/h6-7H,3-5H2,1-2H3,(H2,9,10). The maximum atomic E-state index is 5.67. The van der Waals surface area contributed by atoms with E-state index in [9.17, 15) is 0 Å². The lowest BCUT2D eigenvalue weighted by atomic mass is 10.1. The van der Waals surface area contributed by atoms with Crippen molar-refractivity contribution >= 4 is 5.84 Å². The maximum absolute atomic E-state index is 5.67. The minimum atomic E-state index is 0.582. The number of aliphatic imine (C=N–C) groups is 1. The summed E-state index contributed by atoms with van der Waals surface area (Å²) in [4.78, 5) is 4.32. The topological polar surface area (TPSA) is 38.4 Å². The van der Waals surface area contributed by atoms with E-state index >= 15 is 0 Å². The Morgan fingerprint density at radius 2 is 2.20 bits per heavy atom. The highest BCUT2D eigenvalue weighted by Crippen LogP contribution is 2.23. The zero-order chi connectivity index (χ0) is 7.56. The number of hydrogen-bond acceptors (Lipinski definition) is 1. The number of rotatable bonds is 3. The number of amidine groups is 1. The van der Waals surface area contributed by atoms with Crippen LogP contribution in [0, 0.1) is 5.92 Å². The van der Waals surface area contributed by atoms with Gasteiger partial charge in [-0.25, -0.2) is 0 Å². The molecule has 0 aliphatic heterocycles. The van der Waals surface area contributed by atoms with Crippen LogP contribution >= 0.6 is 0 Å². The van der Waals surface area contributed by atoms with E-state index in [1.54, 1.807) is 0 Å². The van der Waals surface area contributed by atoms with E-state index in [-0.39, 0.29) is 0 Å². The molecule has 0 unspecified atom stereocenters. The van der Waals surface area contributed by atoms with E-state index in [2.05, 4.69) is 18.8 Å². The first-order chi connectivity index (χ1) is 4.68. The number of nitrogens with zero attached hydrogens (tertiary/aromatic N) is 1. The summed E-state index contributed by atoms with van der Waals surface area (Å²) in [7, 11) is 0. The summed E-state index contributed by atoms with van der Waals surface area (Å²) >= 11 is 0. The molecule has 0 bridgehead atoms. The molecule has 1 saturated carbocycles. The molecular formula is C8H16N2. The monoisotopic (exact) mass is 140 g/mol. The van der Waals surface area contributed by atoms with Crippen molar-refractivity contribution < 1.29 is 0 Å². The Morgan fingerprint density at radius 1 is 1.60 bits per heavy atom. The van der Waals surface area contributed by atoms with Gasteiger partial charge in [-0.1, -0.05) is 13.8 Å². The van der Waals surface area contributed by atoms with Gasteiger partial charge in [0, 0.05) is 6.42 Å². The first-order valence-electron chi connectivity index (χ1n) is 4.00. The van der Waals surface area contributed by atoms with Gasteiger partial charge in [0.2, 0.25) is 0 Å². The lowest BCUT2D eigenvalue weighted by molar-refractivity contribution is 0.678. The molecule has 0 heterocycles. The van der Waals surface area contributed by atoms with Crippen molar-refractivity contribution in [3.63, 3.8) is 0 Å². The molecule has 0 saturated heterocycles. The van der Waals surface area contributed by atoms with Crippen molar-refractivity contribution in [2.24, 2.45) is 16.6 Å². The first-order valence-corrected chi connectivity index (χ1v) is 4.00. The SMILES string of the molecule is CC(C)CC(N)=NC1CC1. The van der Waals surface area contributed by atoms with Crippen LogP contribution in [0.5, 0.6) is 0 Å². The Labute approximate surface area is 62.5 Å². The summed E-state index contributed by atoms with van der Waals surface area (Å²) < 4.78 is 0. The van der Waals surface area contributed by atoms with Gasteiger partial charge in [0.1, 0.15) is 0 Å². The Balaban J connectivity index is 2.24. The largest absolute Gasteiger partial charge is 0.387 e. The molecule has 2 nitrogen and oxygen atoms in total. The fourth-order valence-electron chi connectivity index (χ4n) is 0.909. The summed E-state index contributed by atoms with van der Waals surface area (Å²) in [6.07, 6.45) is 3.45. The van der Waals surface area contributed by atoms with Gasteiger partial charge in [-0.05, 0) is 18.8 Å². The highest BCUT2D eigenvalue weighted by Gasteiger charge is 2.20. The zero-order valence-corrected chi connectivity index (χ0v) is 6.80. The average Bonchev–Trinajstić information content (AvgIpc) is 2.46. The van der Waals surface area contributed by atoms with Crippen molar-refractivity contribution in [3.05, 3.63) is 0 Å². The van der Waals surface area contributed by atoms with Crippen LogP contribution in [0.25, 0.3) is 0 Å². The van der Waals surface area contributed by atoms with E-state index in [0.717, 1.165) is 12.3 Å². The van der Waals surface area contributed by atoms with Crippen molar-refractivity contribution in [2.45, 2.75) is 39.2 Å². The van der Waals surface area contributed by atoms with Gasteiger partial charge in [0.05, 0.1) is 11.9 Å². The highest BCUT2D eigenvalue weighted by molar-refractivity contribution is 5.80. The lowest BCUT2D eigenvalue weighted by Gasteiger charge is -2.02. The van der Waals surface area contributed by atoms with E-state index in [1.165, 1.54) is 12.8 Å². The third kappa shape index (κ3) is 2.85. The molecule has 0 aromatic rings. The summed E-state index contributed by atoms with van der Waals surface area (Å²) in [6, 6.07) is 0.582. The van der Waals surface area contributed by atoms with Crippen LogP contribution in [0.1, 0.15) is 33.1 Å². The molecule has 1 aliphatic rings. The normalized spacial score (nSPS) is 20.1. The van der Waals surface area contributed by atoms with E-state index < -0.39 is 0 Å². The molecule has 0 atom stereocenters. The fraction of sp³-hybridized carbons (Fsp3) is 0.875. The lowest BCUT2D eigenvalue weighted by Crippen LogP contribution is -2.15. The van der Waals surface area contributed by atoms with Crippen LogP contribution in [0.4, 0.5) is 0 Å². The molecule has 0 amide bonds. The minimum absolute atomic E-state index is 0.582. The molecule has 1 rings (SSSR count). The van der Waals surface area contributed by atoms with E-state index in [4.69, 9.17) is 5.73 Å². The molecule has 2 N–H and O–H groups in total. The van der Waals surface area contributed by atoms with Gasteiger partial charge in [0.25, 0.3) is 0 Å². The molecule has 0 radical (unpaired) electrons. The van der Waals surface area contributed by atoms with Crippen LogP contribution in [0.15, 0.2) is 4.99 Å². The van der Waals surface area contributed by atoms with Crippen LogP contribution in [-0.4, -0.2) is 11.9 Å². The molecule has 0 spiro atoms. The summed E-state index contributed by atoms with van der Waals surface area (Å²) in [5, 5.41) is 0. The van der Waals surface area contributed by atoms with E-state index in [0.29, 0.717) is 12.0 Å². The number of nitrogens with two attached hydrogens (primary N) is 1. The van der Waals surface area contributed by atoms with Crippen molar-refractivity contribution in [3.8, 4) is 0 Å². The summed E-state index contributed by atoms with van der Waals surface area (Å²) in [6.45, 7) is 4.32. The summed E-state index contributed by atoms with van der Waals surface area (Å²) in [5.41, 5.74) is 5.67. The molecular weight excluding hydrogens is 124 g/mol. The van der Waals surface area contributed by atoms with Gasteiger partial charge < -0.3 is 5.73 Å². The second kappa shape index (κ2) is 3.04.